The fourth-order valence-corrected chi connectivity index (χ4v) is 15.4. The predicted molar refractivity (Wildman–Crippen MR) is 292 cm³/mol. The van der Waals surface area contributed by atoms with Crippen molar-refractivity contribution in [2.75, 3.05) is 45.8 Å². The van der Waals surface area contributed by atoms with E-state index >= 15 is 0 Å². The molecule has 4 aromatic heterocycles. The smallest absolute Gasteiger partial charge is 0.323 e. The zero-order chi connectivity index (χ0) is 49.7. The van der Waals surface area contributed by atoms with Gasteiger partial charge in [0.2, 0.25) is 11.8 Å². The maximum atomic E-state index is 7.66. The highest BCUT2D eigenvalue weighted by Gasteiger charge is 2.46. The SMILES string of the molecule is CCC1CC[N@@]2CCC1C[C@@H]2[C@@H](Oc1cc(O[C@@H](c2ccnc3ccccc23)[C@@H]2CC3CC[N@@]2C[C@@H]3CC)nc(O[C@@H](c2ccnc3ccccc23)C2CC3CC[N@](CC3CC)C2)n1)c1ccnc2ccccc12. The third kappa shape index (κ3) is 9.18. The molecule has 9 saturated heterocycles. The Hall–Kier alpha value is -5.75. The Morgan fingerprint density at radius 1 is 0.473 bits per heavy atom. The lowest BCUT2D eigenvalue weighted by molar-refractivity contribution is -0.0497. The van der Waals surface area contributed by atoms with Gasteiger partial charge in [0.15, 0.2) is 0 Å². The van der Waals surface area contributed by atoms with E-state index in [1.165, 1.54) is 44.9 Å². The number of hydrogen-bond acceptors (Lipinski definition) is 11. The van der Waals surface area contributed by atoms with Crippen LogP contribution in [0.2, 0.25) is 0 Å². The summed E-state index contributed by atoms with van der Waals surface area (Å²) in [6, 6.07) is 34.7. The molecule has 9 aliphatic heterocycles. The van der Waals surface area contributed by atoms with Gasteiger partial charge in [-0.25, -0.2) is 0 Å². The van der Waals surface area contributed by atoms with Gasteiger partial charge in [0.25, 0.3) is 0 Å². The largest absolute Gasteiger partial charge is 0.467 e. The Bertz CT molecular complexity index is 3080. The number of hydrogen-bond donors (Lipinski definition) is 0. The first-order valence-electron chi connectivity index (χ1n) is 28.6. The average molecular weight is 991 g/mol. The van der Waals surface area contributed by atoms with Crippen molar-refractivity contribution in [3.05, 3.63) is 132 Å². The molecule has 6 bridgehead atoms. The van der Waals surface area contributed by atoms with Crippen molar-refractivity contribution in [1.29, 1.82) is 0 Å². The predicted octanol–water partition coefficient (Wildman–Crippen LogP) is 12.5. The molecule has 0 saturated carbocycles. The van der Waals surface area contributed by atoms with Gasteiger partial charge in [0.1, 0.15) is 18.3 Å². The second-order valence-corrected chi connectivity index (χ2v) is 23.0. The summed E-state index contributed by atoms with van der Waals surface area (Å²) in [7, 11) is 0. The van der Waals surface area contributed by atoms with Crippen LogP contribution in [0.5, 0.6) is 17.8 Å². The highest BCUT2D eigenvalue weighted by atomic mass is 16.5. The van der Waals surface area contributed by atoms with Crippen LogP contribution in [0, 0.1) is 41.4 Å². The van der Waals surface area contributed by atoms with Crippen molar-refractivity contribution in [3.8, 4) is 17.8 Å². The number of benzene rings is 3. The Kier molecular flexibility index (Phi) is 13.4. The van der Waals surface area contributed by atoms with Crippen molar-refractivity contribution in [1.82, 2.24) is 39.6 Å². The zero-order valence-corrected chi connectivity index (χ0v) is 43.7. The van der Waals surface area contributed by atoms with Gasteiger partial charge >= 0.3 is 6.01 Å². The van der Waals surface area contributed by atoms with Gasteiger partial charge in [-0.05, 0) is 143 Å². The lowest BCUT2D eigenvalue weighted by atomic mass is 9.72. The van der Waals surface area contributed by atoms with Gasteiger partial charge in [-0.3, -0.25) is 24.8 Å². The molecule has 0 amide bonds. The first-order chi connectivity index (χ1) is 36.5. The van der Waals surface area contributed by atoms with Crippen molar-refractivity contribution in [2.24, 2.45) is 41.4 Å². The number of aromatic nitrogens is 5. The van der Waals surface area contributed by atoms with Crippen molar-refractivity contribution in [2.45, 2.75) is 115 Å². The number of ether oxygens (including phenoxy) is 3. The molecule has 0 spiro atoms. The standard InChI is InChI=1S/C63H74N8O3/c1-4-40-23-30-70-31-24-44(40)34-56(70)61(51-20-27-65-54-17-11-8-14-48(51)54)72-58-36-59(73-62(52-21-28-66-55-18-12-9-15-49(52)55)57-35-45-25-32-71(57)39-42(45)6-3)68-63(67-58)74-60(50-19-26-64-53-16-10-7-13-47(50)53)46-33-43-22-29-69(38-46)37-41(43)5-2/h7-21,26-28,36,40-46,56-57,60-62H,4-6,22-25,29-35,37-39H2,1-3H3/t40?,41?,42-,43?,44?,45?,46?,56+,57-,60+,61-,62-/m0/s1. The van der Waals surface area contributed by atoms with E-state index in [1.807, 2.05) is 24.7 Å². The lowest BCUT2D eigenvalue weighted by Gasteiger charge is -2.51. The highest BCUT2D eigenvalue weighted by Crippen LogP contribution is 2.48. The third-order valence-corrected chi connectivity index (χ3v) is 19.3. The molecule has 11 heteroatoms. The second-order valence-electron chi connectivity index (χ2n) is 23.0. The zero-order valence-electron chi connectivity index (χ0n) is 43.7. The van der Waals surface area contributed by atoms with Gasteiger partial charge in [-0.1, -0.05) is 94.6 Å². The first-order valence-corrected chi connectivity index (χ1v) is 28.6. The van der Waals surface area contributed by atoms with Crippen molar-refractivity contribution >= 4 is 32.7 Å². The molecule has 11 nitrogen and oxygen atoms in total. The van der Waals surface area contributed by atoms with Crippen molar-refractivity contribution < 1.29 is 14.2 Å². The molecule has 9 aliphatic rings. The summed E-state index contributed by atoms with van der Waals surface area (Å²) < 4.78 is 22.9. The van der Waals surface area contributed by atoms with Gasteiger partial charge in [0, 0.05) is 77.0 Å². The molecule has 9 fully saturated rings. The third-order valence-electron chi connectivity index (χ3n) is 19.3. The molecule has 384 valence electrons. The van der Waals surface area contributed by atoms with E-state index in [0.29, 0.717) is 47.3 Å². The Morgan fingerprint density at radius 3 is 1.51 bits per heavy atom. The molecule has 13 heterocycles. The summed E-state index contributed by atoms with van der Waals surface area (Å²) in [5.41, 5.74) is 6.29. The average Bonchev–Trinajstić information content (AvgIpc) is 3.95. The van der Waals surface area contributed by atoms with Gasteiger partial charge in [-0.15, -0.1) is 0 Å². The van der Waals surface area contributed by atoms with Crippen LogP contribution in [0.15, 0.2) is 116 Å². The number of piperidine rings is 5. The summed E-state index contributed by atoms with van der Waals surface area (Å²) in [6.45, 7) is 14.6. The van der Waals surface area contributed by atoms with Crippen LogP contribution in [0.1, 0.15) is 120 Å². The molecule has 0 radical (unpaired) electrons. The van der Waals surface area contributed by atoms with Crippen LogP contribution in [-0.4, -0.2) is 97.5 Å². The van der Waals surface area contributed by atoms with E-state index in [9.17, 15) is 0 Å². The second kappa shape index (κ2) is 20.8. The van der Waals surface area contributed by atoms with Crippen molar-refractivity contribution in [3.63, 3.8) is 0 Å². The number of nitrogens with zero attached hydrogens (tertiary/aromatic N) is 8. The van der Waals surface area contributed by atoms with E-state index in [0.717, 1.165) is 114 Å². The maximum Gasteiger partial charge on any atom is 0.323 e. The van der Waals surface area contributed by atoms with Gasteiger partial charge < -0.3 is 19.1 Å². The van der Waals surface area contributed by atoms with Gasteiger partial charge in [0.05, 0.1) is 34.7 Å². The van der Waals surface area contributed by atoms with Crippen LogP contribution in [0.3, 0.4) is 0 Å². The fraction of sp³-hybridized carbons (Fsp3) is 0.508. The Labute approximate surface area is 437 Å². The first kappa shape index (κ1) is 47.9. The van der Waals surface area contributed by atoms with Crippen LogP contribution in [-0.2, 0) is 0 Å². The number of para-hydroxylation sites is 3. The lowest BCUT2D eigenvalue weighted by Crippen LogP contribution is -2.56. The van der Waals surface area contributed by atoms with E-state index in [1.54, 1.807) is 0 Å². The topological polar surface area (TPSA) is 102 Å². The van der Waals surface area contributed by atoms with Gasteiger partial charge in [-0.2, -0.15) is 9.97 Å². The van der Waals surface area contributed by atoms with E-state index in [2.05, 4.69) is 126 Å². The summed E-state index contributed by atoms with van der Waals surface area (Å²) in [5.74, 6) is 5.15. The quantitative estimate of drug-likeness (QED) is 0.0981. The number of rotatable bonds is 15. The Balaban J connectivity index is 0.963. The highest BCUT2D eigenvalue weighted by molar-refractivity contribution is 5.84. The molecule has 15 atom stereocenters. The van der Waals surface area contributed by atoms with Crippen LogP contribution < -0.4 is 14.2 Å². The molecule has 6 unspecified atom stereocenters. The molecule has 0 aliphatic carbocycles. The molecule has 0 N–H and O–H groups in total. The summed E-state index contributed by atoms with van der Waals surface area (Å²) in [5, 5.41) is 3.32. The maximum absolute atomic E-state index is 7.66. The summed E-state index contributed by atoms with van der Waals surface area (Å²) >= 11 is 0. The molecule has 74 heavy (non-hydrogen) atoms. The molecule has 3 aromatic carbocycles. The molecular formula is C63H74N8O3. The minimum absolute atomic E-state index is 0.144. The fourth-order valence-electron chi connectivity index (χ4n) is 15.4. The summed E-state index contributed by atoms with van der Waals surface area (Å²) in [4.78, 5) is 33.5. The van der Waals surface area contributed by atoms with Crippen LogP contribution in [0.25, 0.3) is 32.7 Å². The normalized spacial score (nSPS) is 30.7. The van der Waals surface area contributed by atoms with Crippen LogP contribution >= 0.6 is 0 Å². The summed E-state index contributed by atoms with van der Waals surface area (Å²) in [6.07, 6.45) is 16.6. The van der Waals surface area contributed by atoms with Crippen LogP contribution in [0.4, 0.5) is 0 Å². The molecular weight excluding hydrogens is 917 g/mol. The van der Waals surface area contributed by atoms with E-state index < -0.39 is 0 Å². The number of pyridine rings is 3. The van der Waals surface area contributed by atoms with E-state index in [-0.39, 0.29) is 42.3 Å². The number of fused-ring (bicyclic) bond motifs is 14. The van der Waals surface area contributed by atoms with E-state index in [4.69, 9.17) is 39.1 Å². The minimum atomic E-state index is -0.342. The Morgan fingerprint density at radius 2 is 0.946 bits per heavy atom. The minimum Gasteiger partial charge on any atom is -0.467 e. The monoisotopic (exact) mass is 991 g/mol. The molecule has 16 rings (SSSR count). The molecule has 7 aromatic rings.